The van der Waals surface area contributed by atoms with Gasteiger partial charge >= 0.3 is 5.69 Å². The zero-order chi connectivity index (χ0) is 25.9. The van der Waals surface area contributed by atoms with E-state index in [0.717, 1.165) is 4.90 Å². The lowest BCUT2D eigenvalue weighted by atomic mass is 10.1. The maximum Gasteiger partial charge on any atom is 0.330 e. The molecule has 35 heavy (non-hydrogen) atoms. The number of nitrogens with one attached hydrogen (secondary N) is 1. The van der Waals surface area contributed by atoms with Gasteiger partial charge in [-0.25, -0.2) is 9.18 Å². The monoisotopic (exact) mass is 489 g/mol. The highest BCUT2D eigenvalue weighted by Gasteiger charge is 2.38. The van der Waals surface area contributed by atoms with Crippen LogP contribution in [-0.2, 0) is 20.9 Å². The predicted molar refractivity (Wildman–Crippen MR) is 129 cm³/mol. The Kier molecular flexibility index (Phi) is 7.69. The number of amides is 2. The lowest BCUT2D eigenvalue weighted by Gasteiger charge is -2.24. The number of anilines is 3. The average Bonchev–Trinajstić information content (AvgIpc) is 3.24. The Bertz CT molecular complexity index is 1250. The SMILES string of the molecule is COCCN(C(=O)C1=NN(c2ccc(F)cc2)C(C(N)=O)C1)c1c(N)n(CC(C)C)c(=O)[nH]c1=O. The quantitative estimate of drug-likeness (QED) is 0.446. The van der Waals surface area contributed by atoms with Gasteiger partial charge in [0.1, 0.15) is 23.4 Å². The third kappa shape index (κ3) is 5.40. The average molecular weight is 490 g/mol. The number of H-pyrrole nitrogens is 1. The number of aromatic nitrogens is 2. The van der Waals surface area contributed by atoms with Gasteiger partial charge in [0.25, 0.3) is 11.5 Å². The van der Waals surface area contributed by atoms with Gasteiger partial charge < -0.3 is 16.2 Å². The van der Waals surface area contributed by atoms with Crippen LogP contribution in [0.2, 0.25) is 0 Å². The van der Waals surface area contributed by atoms with E-state index >= 15 is 0 Å². The van der Waals surface area contributed by atoms with Crippen molar-refractivity contribution in [3.63, 3.8) is 0 Å². The summed E-state index contributed by atoms with van der Waals surface area (Å²) in [4.78, 5) is 54.1. The molecule has 188 valence electrons. The van der Waals surface area contributed by atoms with Gasteiger partial charge in [0.2, 0.25) is 5.91 Å². The molecule has 0 spiro atoms. The second-order valence-electron chi connectivity index (χ2n) is 8.44. The van der Waals surface area contributed by atoms with Crippen molar-refractivity contribution in [1.29, 1.82) is 0 Å². The molecular weight excluding hydrogens is 461 g/mol. The van der Waals surface area contributed by atoms with Crippen LogP contribution >= 0.6 is 0 Å². The van der Waals surface area contributed by atoms with Crippen molar-refractivity contribution < 1.29 is 18.7 Å². The summed E-state index contributed by atoms with van der Waals surface area (Å²) in [5.41, 5.74) is 10.2. The van der Waals surface area contributed by atoms with Gasteiger partial charge in [0, 0.05) is 26.6 Å². The number of carbonyl (C=O) groups excluding carboxylic acids is 2. The first kappa shape index (κ1) is 25.6. The molecule has 1 unspecified atom stereocenters. The van der Waals surface area contributed by atoms with Gasteiger partial charge in [-0.2, -0.15) is 5.10 Å². The van der Waals surface area contributed by atoms with Gasteiger partial charge in [-0.05, 0) is 30.2 Å². The van der Waals surface area contributed by atoms with E-state index in [0.29, 0.717) is 5.69 Å². The number of carbonyl (C=O) groups is 2. The molecule has 0 bridgehead atoms. The fourth-order valence-corrected chi connectivity index (χ4v) is 3.73. The molecule has 1 aromatic heterocycles. The molecule has 0 saturated carbocycles. The minimum Gasteiger partial charge on any atom is -0.383 e. The van der Waals surface area contributed by atoms with Crippen molar-refractivity contribution in [2.45, 2.75) is 32.9 Å². The molecule has 0 fully saturated rings. The highest BCUT2D eigenvalue weighted by molar-refractivity contribution is 6.45. The molecule has 1 aliphatic heterocycles. The topological polar surface area (TPSA) is 169 Å². The van der Waals surface area contributed by atoms with Crippen LogP contribution in [0.1, 0.15) is 20.3 Å². The molecule has 1 aliphatic rings. The van der Waals surface area contributed by atoms with E-state index < -0.39 is 34.9 Å². The smallest absolute Gasteiger partial charge is 0.330 e. The number of benzene rings is 1. The maximum absolute atomic E-state index is 13.6. The number of methoxy groups -OCH3 is 1. The molecule has 3 rings (SSSR count). The van der Waals surface area contributed by atoms with Crippen molar-refractivity contribution in [3.05, 3.63) is 50.9 Å². The van der Waals surface area contributed by atoms with Crippen LogP contribution in [0.5, 0.6) is 0 Å². The molecular formula is C22H28FN7O5. The van der Waals surface area contributed by atoms with E-state index in [9.17, 15) is 23.6 Å². The lowest BCUT2D eigenvalue weighted by molar-refractivity contribution is -0.119. The molecule has 1 atom stereocenters. The lowest BCUT2D eigenvalue weighted by Crippen LogP contribution is -2.45. The molecule has 1 aromatic carbocycles. The molecule has 5 N–H and O–H groups in total. The third-order valence-corrected chi connectivity index (χ3v) is 5.37. The van der Waals surface area contributed by atoms with Gasteiger partial charge in [0.15, 0.2) is 5.69 Å². The number of hydrogen-bond acceptors (Lipinski definition) is 8. The van der Waals surface area contributed by atoms with Gasteiger partial charge in [-0.3, -0.25) is 33.8 Å². The minimum absolute atomic E-state index is 0.0247. The largest absolute Gasteiger partial charge is 0.383 e. The van der Waals surface area contributed by atoms with Crippen LogP contribution in [0, 0.1) is 11.7 Å². The molecule has 13 heteroatoms. The van der Waals surface area contributed by atoms with Gasteiger partial charge in [-0.15, -0.1) is 0 Å². The Morgan fingerprint density at radius 1 is 1.29 bits per heavy atom. The highest BCUT2D eigenvalue weighted by atomic mass is 19.1. The fourth-order valence-electron chi connectivity index (χ4n) is 3.73. The fraction of sp³-hybridized carbons (Fsp3) is 0.409. The van der Waals surface area contributed by atoms with Crippen molar-refractivity contribution in [2.75, 3.05) is 35.9 Å². The highest BCUT2D eigenvalue weighted by Crippen LogP contribution is 2.27. The summed E-state index contributed by atoms with van der Waals surface area (Å²) in [7, 11) is 1.42. The van der Waals surface area contributed by atoms with Gasteiger partial charge in [0.05, 0.1) is 12.3 Å². The number of halogens is 1. The number of primary amides is 1. The molecule has 2 amide bonds. The molecule has 0 saturated heterocycles. The summed E-state index contributed by atoms with van der Waals surface area (Å²) in [6, 6.07) is 4.16. The standard InChI is InChI=1S/C22H28FN7O5/c1-12(2)11-29-18(24)17(20(32)26-22(29)34)28(8-9-35-3)21(33)15-10-16(19(25)31)30(27-15)14-6-4-13(23)5-7-14/h4-7,12,16H,8-11,24H2,1-3H3,(H2,25,31)(H,26,32,34). The van der Waals surface area contributed by atoms with Crippen molar-refractivity contribution in [3.8, 4) is 0 Å². The van der Waals surface area contributed by atoms with Crippen LogP contribution in [-0.4, -0.2) is 53.4 Å². The zero-order valence-corrected chi connectivity index (χ0v) is 19.7. The minimum atomic E-state index is -1.01. The Balaban J connectivity index is 2.07. The van der Waals surface area contributed by atoms with Crippen molar-refractivity contribution >= 4 is 34.7 Å². The molecule has 2 heterocycles. The van der Waals surface area contributed by atoms with E-state index in [4.69, 9.17) is 16.2 Å². The molecule has 12 nitrogen and oxygen atoms in total. The van der Waals surface area contributed by atoms with E-state index in [2.05, 4.69) is 10.1 Å². The second kappa shape index (κ2) is 10.5. The first-order valence-electron chi connectivity index (χ1n) is 10.9. The maximum atomic E-state index is 13.6. The Morgan fingerprint density at radius 3 is 2.51 bits per heavy atom. The van der Waals surface area contributed by atoms with Crippen LogP contribution in [0.3, 0.4) is 0 Å². The summed E-state index contributed by atoms with van der Waals surface area (Å²) in [6.45, 7) is 3.91. The van der Waals surface area contributed by atoms with Gasteiger partial charge in [-0.1, -0.05) is 13.8 Å². The van der Waals surface area contributed by atoms with Crippen molar-refractivity contribution in [1.82, 2.24) is 9.55 Å². The second-order valence-corrected chi connectivity index (χ2v) is 8.44. The number of ether oxygens (including phenoxy) is 1. The predicted octanol–water partition coefficient (Wildman–Crippen LogP) is 0.0135. The number of hydrogen-bond donors (Lipinski definition) is 3. The van der Waals surface area contributed by atoms with E-state index in [1.807, 2.05) is 13.8 Å². The first-order valence-corrected chi connectivity index (χ1v) is 10.9. The number of rotatable bonds is 9. The van der Waals surface area contributed by atoms with E-state index in [1.54, 1.807) is 0 Å². The summed E-state index contributed by atoms with van der Waals surface area (Å²) in [5, 5.41) is 5.50. The van der Waals surface area contributed by atoms with Crippen LogP contribution in [0.15, 0.2) is 39.0 Å². The first-order chi connectivity index (χ1) is 16.5. The number of hydrazone groups is 1. The van der Waals surface area contributed by atoms with Crippen LogP contribution in [0.25, 0.3) is 0 Å². The van der Waals surface area contributed by atoms with Crippen LogP contribution in [0.4, 0.5) is 21.6 Å². The van der Waals surface area contributed by atoms with E-state index in [-0.39, 0.29) is 49.3 Å². The molecule has 2 aromatic rings. The number of nitrogen functional groups attached to an aromatic ring is 1. The zero-order valence-electron chi connectivity index (χ0n) is 19.7. The summed E-state index contributed by atoms with van der Waals surface area (Å²) in [6.07, 6.45) is -0.154. The molecule has 0 aliphatic carbocycles. The number of nitrogens with two attached hydrogens (primary N) is 2. The Labute approximate surface area is 200 Å². The number of nitrogens with zero attached hydrogens (tertiary/aromatic N) is 4. The summed E-state index contributed by atoms with van der Waals surface area (Å²) >= 11 is 0. The normalized spacial score (nSPS) is 15.4. The Morgan fingerprint density at radius 2 is 1.94 bits per heavy atom. The van der Waals surface area contributed by atoms with E-state index in [1.165, 1.54) is 41.0 Å². The third-order valence-electron chi connectivity index (χ3n) is 5.37. The number of aromatic amines is 1. The van der Waals surface area contributed by atoms with Crippen LogP contribution < -0.4 is 32.6 Å². The summed E-state index contributed by atoms with van der Waals surface area (Å²) in [5.74, 6) is -2.10. The Hall–Kier alpha value is -4.00. The molecule has 0 radical (unpaired) electrons. The van der Waals surface area contributed by atoms with Crippen molar-refractivity contribution in [2.24, 2.45) is 16.8 Å². The summed E-state index contributed by atoms with van der Waals surface area (Å²) < 4.78 is 19.6.